The molecule has 8 heteroatoms. The van der Waals surface area contributed by atoms with Crippen molar-refractivity contribution in [1.29, 1.82) is 0 Å². The molecular weight excluding hydrogens is 226 g/mol. The number of fused-ring (bicyclic) bond motifs is 1. The summed E-state index contributed by atoms with van der Waals surface area (Å²) in [6, 6.07) is 3.00. The van der Waals surface area contributed by atoms with Crippen molar-refractivity contribution < 1.29 is 14.4 Å². The van der Waals surface area contributed by atoms with Gasteiger partial charge in [-0.2, -0.15) is 10.3 Å². The van der Waals surface area contributed by atoms with E-state index < -0.39 is 5.97 Å². The molecule has 3 rings (SSSR count). The number of H-pyrrole nitrogens is 1. The van der Waals surface area contributed by atoms with E-state index in [1.807, 2.05) is 0 Å². The van der Waals surface area contributed by atoms with E-state index in [4.69, 9.17) is 9.63 Å². The van der Waals surface area contributed by atoms with Gasteiger partial charge in [0, 0.05) is 17.8 Å². The molecule has 0 spiro atoms. The van der Waals surface area contributed by atoms with Crippen LogP contribution in [0.15, 0.2) is 22.9 Å². The molecule has 0 saturated carbocycles. The van der Waals surface area contributed by atoms with Crippen molar-refractivity contribution in [3.05, 3.63) is 24.0 Å². The van der Waals surface area contributed by atoms with E-state index >= 15 is 0 Å². The molecule has 0 fully saturated rings. The van der Waals surface area contributed by atoms with Crippen LogP contribution in [0.3, 0.4) is 0 Å². The van der Waals surface area contributed by atoms with Crippen LogP contribution >= 0.6 is 0 Å². The summed E-state index contributed by atoms with van der Waals surface area (Å²) in [4.78, 5) is 14.7. The van der Waals surface area contributed by atoms with Gasteiger partial charge >= 0.3 is 5.97 Å². The molecule has 3 aromatic rings. The molecule has 8 nitrogen and oxygen atoms in total. The molecule has 0 radical (unpaired) electrons. The fraction of sp³-hybridized carbons (Fsp3) is 0. The van der Waals surface area contributed by atoms with Crippen molar-refractivity contribution in [2.75, 3.05) is 0 Å². The van der Waals surface area contributed by atoms with Gasteiger partial charge in [0.1, 0.15) is 5.52 Å². The number of rotatable bonds is 2. The molecule has 0 aliphatic rings. The van der Waals surface area contributed by atoms with Crippen LogP contribution in [-0.4, -0.2) is 36.6 Å². The van der Waals surface area contributed by atoms with Crippen LogP contribution in [0.5, 0.6) is 0 Å². The lowest BCUT2D eigenvalue weighted by molar-refractivity contribution is 0.0686. The standard InChI is InChI=1S/C9H5N5O3/c15-9(16)6-2-7(17-13-6)4-1-5-8(10-3-4)12-14-11-5/h1-3H,(H,15,16)(H,10,11,12,14). The Morgan fingerprint density at radius 2 is 2.24 bits per heavy atom. The zero-order chi connectivity index (χ0) is 11.8. The molecule has 2 N–H and O–H groups in total. The van der Waals surface area contributed by atoms with Crippen molar-refractivity contribution in [2.45, 2.75) is 0 Å². The van der Waals surface area contributed by atoms with Crippen molar-refractivity contribution >= 4 is 17.1 Å². The second-order valence-electron chi connectivity index (χ2n) is 3.27. The quantitative estimate of drug-likeness (QED) is 0.666. The maximum Gasteiger partial charge on any atom is 0.358 e. The molecule has 0 bridgehead atoms. The highest BCUT2D eigenvalue weighted by atomic mass is 16.5. The number of hydrogen-bond acceptors (Lipinski definition) is 6. The second kappa shape index (κ2) is 3.37. The van der Waals surface area contributed by atoms with Crippen LogP contribution < -0.4 is 0 Å². The van der Waals surface area contributed by atoms with Crippen molar-refractivity contribution in [3.8, 4) is 11.3 Å². The summed E-state index contributed by atoms with van der Waals surface area (Å²) in [6.45, 7) is 0. The Bertz CT molecular complexity index is 701. The molecule has 0 saturated heterocycles. The van der Waals surface area contributed by atoms with Gasteiger partial charge in [-0.3, -0.25) is 0 Å². The van der Waals surface area contributed by atoms with Crippen molar-refractivity contribution in [2.24, 2.45) is 0 Å². The predicted octanol–water partition coefficient (Wildman–Crippen LogP) is 0.706. The minimum absolute atomic E-state index is 0.153. The third-order valence-electron chi connectivity index (χ3n) is 2.19. The monoisotopic (exact) mass is 231 g/mol. The van der Waals surface area contributed by atoms with E-state index in [-0.39, 0.29) is 5.69 Å². The van der Waals surface area contributed by atoms with Gasteiger partial charge in [-0.25, -0.2) is 9.78 Å². The normalized spacial score (nSPS) is 10.8. The summed E-state index contributed by atoms with van der Waals surface area (Å²) in [5.41, 5.74) is 1.48. The van der Waals surface area contributed by atoms with Crippen LogP contribution in [-0.2, 0) is 0 Å². The van der Waals surface area contributed by atoms with Gasteiger partial charge in [-0.15, -0.1) is 5.10 Å². The molecule has 84 valence electrons. The summed E-state index contributed by atoms with van der Waals surface area (Å²) < 4.78 is 4.91. The topological polar surface area (TPSA) is 118 Å². The number of nitrogens with zero attached hydrogens (tertiary/aromatic N) is 4. The first-order valence-corrected chi connectivity index (χ1v) is 4.61. The number of carboxylic acids is 1. The number of pyridine rings is 1. The van der Waals surface area contributed by atoms with E-state index in [0.29, 0.717) is 22.5 Å². The van der Waals surface area contributed by atoms with Gasteiger partial charge in [0.25, 0.3) is 0 Å². The average molecular weight is 231 g/mol. The van der Waals surface area contributed by atoms with E-state index in [1.165, 1.54) is 12.3 Å². The minimum atomic E-state index is -1.14. The first kappa shape index (κ1) is 9.46. The van der Waals surface area contributed by atoms with Crippen molar-refractivity contribution in [3.63, 3.8) is 0 Å². The summed E-state index contributed by atoms with van der Waals surface area (Å²) >= 11 is 0. The smallest absolute Gasteiger partial charge is 0.358 e. The zero-order valence-electron chi connectivity index (χ0n) is 8.28. The van der Waals surface area contributed by atoms with Gasteiger partial charge in [0.05, 0.1) is 0 Å². The molecule has 3 aromatic heterocycles. The highest BCUT2D eigenvalue weighted by Crippen LogP contribution is 2.21. The van der Waals surface area contributed by atoms with Crippen LogP contribution in [0.1, 0.15) is 10.5 Å². The van der Waals surface area contributed by atoms with Gasteiger partial charge < -0.3 is 9.63 Å². The van der Waals surface area contributed by atoms with Crippen LogP contribution in [0.4, 0.5) is 0 Å². The Hall–Kier alpha value is -2.77. The van der Waals surface area contributed by atoms with Crippen LogP contribution in [0.2, 0.25) is 0 Å². The Morgan fingerprint density at radius 1 is 1.35 bits per heavy atom. The van der Waals surface area contributed by atoms with Gasteiger partial charge in [0.2, 0.25) is 5.65 Å². The number of aromatic carboxylic acids is 1. The SMILES string of the molecule is O=C(O)c1cc(-c2cnc3n[nH]nc3c2)on1. The fourth-order valence-electron chi connectivity index (χ4n) is 1.39. The molecule has 3 heterocycles. The summed E-state index contributed by atoms with van der Waals surface area (Å²) in [7, 11) is 0. The number of hydrogen-bond donors (Lipinski definition) is 2. The first-order chi connectivity index (χ1) is 8.24. The Balaban J connectivity index is 2.09. The van der Waals surface area contributed by atoms with Gasteiger partial charge in [-0.05, 0) is 6.07 Å². The lowest BCUT2D eigenvalue weighted by Crippen LogP contribution is -1.94. The Morgan fingerprint density at radius 3 is 3.00 bits per heavy atom. The summed E-state index contributed by atoms with van der Waals surface area (Å²) in [6.07, 6.45) is 1.51. The molecular formula is C9H5N5O3. The molecule has 0 atom stereocenters. The van der Waals surface area contributed by atoms with E-state index in [0.717, 1.165) is 0 Å². The third-order valence-corrected chi connectivity index (χ3v) is 2.19. The lowest BCUT2D eigenvalue weighted by Gasteiger charge is -1.92. The zero-order valence-corrected chi connectivity index (χ0v) is 8.28. The van der Waals surface area contributed by atoms with E-state index in [2.05, 4.69) is 25.6 Å². The molecule has 0 aliphatic carbocycles. The van der Waals surface area contributed by atoms with Crippen LogP contribution in [0.25, 0.3) is 22.5 Å². The minimum Gasteiger partial charge on any atom is -0.476 e. The number of aromatic amines is 1. The summed E-state index contributed by atoms with van der Waals surface area (Å²) in [5, 5.41) is 22.2. The Kier molecular flexibility index (Phi) is 1.87. The second-order valence-corrected chi connectivity index (χ2v) is 3.27. The fourth-order valence-corrected chi connectivity index (χ4v) is 1.39. The van der Waals surface area contributed by atoms with Gasteiger partial charge in [-0.1, -0.05) is 5.16 Å². The number of carbonyl (C=O) groups is 1. The summed E-state index contributed by atoms with van der Waals surface area (Å²) in [5.74, 6) is -0.824. The third kappa shape index (κ3) is 1.51. The molecule has 0 aromatic carbocycles. The maximum atomic E-state index is 10.7. The molecule has 0 unspecified atom stereocenters. The first-order valence-electron chi connectivity index (χ1n) is 4.61. The highest BCUT2D eigenvalue weighted by molar-refractivity contribution is 5.86. The van der Waals surface area contributed by atoms with E-state index in [9.17, 15) is 4.79 Å². The van der Waals surface area contributed by atoms with Crippen molar-refractivity contribution in [1.82, 2.24) is 25.6 Å². The largest absolute Gasteiger partial charge is 0.476 e. The molecule has 0 amide bonds. The maximum absolute atomic E-state index is 10.7. The lowest BCUT2D eigenvalue weighted by atomic mass is 10.2. The number of carboxylic acid groups (broad SMARTS) is 1. The van der Waals surface area contributed by atoms with E-state index in [1.54, 1.807) is 6.07 Å². The Labute approximate surface area is 93.3 Å². The predicted molar refractivity (Wildman–Crippen MR) is 54.1 cm³/mol. The molecule has 0 aliphatic heterocycles. The highest BCUT2D eigenvalue weighted by Gasteiger charge is 2.13. The van der Waals surface area contributed by atoms with Gasteiger partial charge in [0.15, 0.2) is 11.5 Å². The average Bonchev–Trinajstić information content (AvgIpc) is 2.97. The number of aromatic nitrogens is 5. The van der Waals surface area contributed by atoms with Crippen LogP contribution in [0, 0.1) is 0 Å². The molecule has 17 heavy (non-hydrogen) atoms. The number of nitrogens with one attached hydrogen (secondary N) is 1.